The van der Waals surface area contributed by atoms with E-state index in [4.69, 9.17) is 4.74 Å². The van der Waals surface area contributed by atoms with Gasteiger partial charge in [-0.05, 0) is 51.4 Å². The number of ether oxygens (including phenoxy) is 1. The Morgan fingerprint density at radius 2 is 1.74 bits per heavy atom. The molecular weight excluding hydrogens is 288 g/mol. The molecule has 23 heavy (non-hydrogen) atoms. The Morgan fingerprint density at radius 1 is 1.13 bits per heavy atom. The van der Waals surface area contributed by atoms with Crippen LogP contribution in [-0.2, 0) is 9.53 Å². The molecule has 0 spiro atoms. The first-order valence-electron chi connectivity index (χ1n) is 9.05. The van der Waals surface area contributed by atoms with E-state index < -0.39 is 6.10 Å². The largest absolute Gasteiger partial charge is 0.392 e. The second-order valence-electron chi connectivity index (χ2n) is 9.34. The van der Waals surface area contributed by atoms with Crippen molar-refractivity contribution in [2.45, 2.75) is 84.0 Å². The molecule has 6 atom stereocenters. The maximum atomic E-state index is 12.5. The maximum Gasteiger partial charge on any atom is 0.141 e. The Hall–Kier alpha value is -0.670. The summed E-state index contributed by atoms with van der Waals surface area (Å²) in [6, 6.07) is 0. The minimum absolute atomic E-state index is 0.212. The highest BCUT2D eigenvalue weighted by Gasteiger charge is 2.66. The number of carbonyl (C=O) groups excluding carboxylic acids is 1. The van der Waals surface area contributed by atoms with Crippen molar-refractivity contribution in [2.75, 3.05) is 0 Å². The van der Waals surface area contributed by atoms with Gasteiger partial charge >= 0.3 is 0 Å². The van der Waals surface area contributed by atoms with Gasteiger partial charge in [-0.15, -0.1) is 6.58 Å². The van der Waals surface area contributed by atoms with Crippen LogP contribution in [0.3, 0.4) is 0 Å². The van der Waals surface area contributed by atoms with Crippen molar-refractivity contribution in [2.24, 2.45) is 22.7 Å². The van der Waals surface area contributed by atoms with E-state index in [1.165, 1.54) is 0 Å². The molecule has 0 aromatic heterocycles. The second-order valence-corrected chi connectivity index (χ2v) is 9.34. The number of rotatable bonds is 1. The average molecular weight is 320 g/mol. The molecule has 3 fully saturated rings. The smallest absolute Gasteiger partial charge is 0.141 e. The van der Waals surface area contributed by atoms with Crippen LogP contribution in [0.5, 0.6) is 0 Å². The summed E-state index contributed by atoms with van der Waals surface area (Å²) in [7, 11) is 0. The average Bonchev–Trinajstić information content (AvgIpc) is 2.44. The number of hydrogen-bond donors (Lipinski definition) is 1. The fourth-order valence-electron chi connectivity index (χ4n) is 6.17. The van der Waals surface area contributed by atoms with Gasteiger partial charge in [0.15, 0.2) is 0 Å². The Labute approximate surface area is 140 Å². The van der Waals surface area contributed by atoms with Crippen molar-refractivity contribution >= 4 is 5.78 Å². The zero-order valence-electron chi connectivity index (χ0n) is 15.3. The molecule has 3 aliphatic rings. The molecule has 1 saturated heterocycles. The van der Waals surface area contributed by atoms with Crippen molar-refractivity contribution in [3.05, 3.63) is 12.7 Å². The molecule has 0 bridgehead atoms. The fraction of sp³-hybridized carbons (Fsp3) is 0.850. The minimum atomic E-state index is -0.561. The van der Waals surface area contributed by atoms with Crippen LogP contribution in [-0.4, -0.2) is 28.2 Å². The molecule has 0 radical (unpaired) electrons. The highest BCUT2D eigenvalue weighted by Crippen LogP contribution is 2.64. The normalized spacial score (nSPS) is 52.4. The van der Waals surface area contributed by atoms with Crippen molar-refractivity contribution in [1.82, 2.24) is 0 Å². The number of Topliss-reactive ketones (excluding diaryl/α,β-unsaturated/α-hetero) is 1. The van der Waals surface area contributed by atoms with Crippen molar-refractivity contribution in [3.8, 4) is 0 Å². The van der Waals surface area contributed by atoms with Gasteiger partial charge in [0.05, 0.1) is 17.3 Å². The number of ketones is 1. The van der Waals surface area contributed by atoms with E-state index in [0.717, 1.165) is 25.7 Å². The molecule has 1 aliphatic heterocycles. The molecule has 2 saturated carbocycles. The Bertz CT molecular complexity index is 539. The van der Waals surface area contributed by atoms with Gasteiger partial charge < -0.3 is 9.84 Å². The van der Waals surface area contributed by atoms with Crippen molar-refractivity contribution in [3.63, 3.8) is 0 Å². The number of aliphatic hydroxyl groups is 1. The third-order valence-corrected chi connectivity index (χ3v) is 7.68. The van der Waals surface area contributed by atoms with Gasteiger partial charge in [0.2, 0.25) is 0 Å². The summed E-state index contributed by atoms with van der Waals surface area (Å²) in [5, 5.41) is 10.9. The molecule has 3 rings (SSSR count). The number of hydrogen-bond acceptors (Lipinski definition) is 3. The number of fused-ring (bicyclic) bond motifs is 3. The summed E-state index contributed by atoms with van der Waals surface area (Å²) in [4.78, 5) is 12.5. The highest BCUT2D eigenvalue weighted by molar-refractivity contribution is 5.86. The molecule has 0 amide bonds. The summed E-state index contributed by atoms with van der Waals surface area (Å²) in [5.74, 6) is 0.717. The molecule has 2 aliphatic carbocycles. The maximum absolute atomic E-state index is 12.5. The molecule has 3 nitrogen and oxygen atoms in total. The van der Waals surface area contributed by atoms with E-state index in [9.17, 15) is 9.90 Å². The standard InChI is InChI=1S/C20H32O3/c1-7-18(4)10-8-14-19(5,23-18)11-9-13-17(2,3)15(21)12-16(22)20(13,14)6/h7,13-14,16,22H,1,8-12H2,2-6H3/t13-,14+,16+,18+,19+,20-/m1/s1. The highest BCUT2D eigenvalue weighted by atomic mass is 16.5. The van der Waals surface area contributed by atoms with E-state index in [0.29, 0.717) is 0 Å². The van der Waals surface area contributed by atoms with Crippen molar-refractivity contribution < 1.29 is 14.6 Å². The quantitative estimate of drug-likeness (QED) is 0.746. The first kappa shape index (κ1) is 17.2. The van der Waals surface area contributed by atoms with Crippen LogP contribution in [0.1, 0.15) is 66.7 Å². The lowest BCUT2D eigenvalue weighted by Crippen LogP contribution is -2.67. The monoisotopic (exact) mass is 320 g/mol. The zero-order valence-corrected chi connectivity index (χ0v) is 15.3. The first-order chi connectivity index (χ1) is 10.5. The molecule has 3 heteroatoms. The SMILES string of the molecule is C=C[C@@]1(C)CC[C@@H]2[C@@]3(C)[C@H](CC[C@]2(C)O1)C(C)(C)C(=O)C[C@@H]3O. The van der Waals surface area contributed by atoms with Crippen LogP contribution >= 0.6 is 0 Å². The Kier molecular flexibility index (Phi) is 3.67. The van der Waals surface area contributed by atoms with Gasteiger partial charge in [-0.2, -0.15) is 0 Å². The summed E-state index contributed by atoms with van der Waals surface area (Å²) >= 11 is 0. The van der Waals surface area contributed by atoms with Crippen LogP contribution in [0, 0.1) is 22.7 Å². The van der Waals surface area contributed by atoms with Crippen LogP contribution in [0.4, 0.5) is 0 Å². The summed E-state index contributed by atoms with van der Waals surface area (Å²) in [6.07, 6.45) is 5.48. The van der Waals surface area contributed by atoms with Gasteiger partial charge in [0.25, 0.3) is 0 Å². The van der Waals surface area contributed by atoms with E-state index in [-0.39, 0.29) is 46.1 Å². The van der Waals surface area contributed by atoms with E-state index in [1.807, 2.05) is 6.08 Å². The predicted molar refractivity (Wildman–Crippen MR) is 91.1 cm³/mol. The molecule has 1 heterocycles. The lowest BCUT2D eigenvalue weighted by molar-refractivity contribution is -0.268. The molecule has 0 aromatic carbocycles. The third-order valence-electron chi connectivity index (χ3n) is 7.68. The van der Waals surface area contributed by atoms with E-state index in [1.54, 1.807) is 0 Å². The van der Waals surface area contributed by atoms with E-state index >= 15 is 0 Å². The molecule has 130 valence electrons. The van der Waals surface area contributed by atoms with Gasteiger partial charge in [-0.1, -0.05) is 26.8 Å². The summed E-state index contributed by atoms with van der Waals surface area (Å²) in [6.45, 7) is 14.6. The molecule has 1 N–H and O–H groups in total. The molecule has 0 aromatic rings. The van der Waals surface area contributed by atoms with Crippen LogP contribution in [0.15, 0.2) is 12.7 Å². The number of aliphatic hydroxyl groups excluding tert-OH is 1. The fourth-order valence-corrected chi connectivity index (χ4v) is 6.17. The zero-order chi connectivity index (χ0) is 17.3. The van der Waals surface area contributed by atoms with Crippen LogP contribution in [0.25, 0.3) is 0 Å². The van der Waals surface area contributed by atoms with Crippen molar-refractivity contribution in [1.29, 1.82) is 0 Å². The lowest BCUT2D eigenvalue weighted by atomic mass is 9.43. The second kappa shape index (κ2) is 4.92. The van der Waals surface area contributed by atoms with Gasteiger partial charge in [0.1, 0.15) is 5.78 Å². The minimum Gasteiger partial charge on any atom is -0.392 e. The Morgan fingerprint density at radius 3 is 2.35 bits per heavy atom. The van der Waals surface area contributed by atoms with E-state index in [2.05, 4.69) is 41.2 Å². The van der Waals surface area contributed by atoms with Crippen LogP contribution in [0.2, 0.25) is 0 Å². The summed E-state index contributed by atoms with van der Waals surface area (Å²) in [5.41, 5.74) is -1.13. The Balaban J connectivity index is 2.02. The van der Waals surface area contributed by atoms with Crippen LogP contribution < -0.4 is 0 Å². The summed E-state index contributed by atoms with van der Waals surface area (Å²) < 4.78 is 6.56. The topological polar surface area (TPSA) is 46.5 Å². The molecular formula is C20H32O3. The van der Waals surface area contributed by atoms with Gasteiger partial charge in [0, 0.05) is 17.3 Å². The first-order valence-corrected chi connectivity index (χ1v) is 9.05. The molecule has 0 unspecified atom stereocenters. The van der Waals surface area contributed by atoms with Gasteiger partial charge in [-0.3, -0.25) is 4.79 Å². The lowest BCUT2D eigenvalue weighted by Gasteiger charge is -2.65. The third kappa shape index (κ3) is 2.19. The number of carbonyl (C=O) groups is 1. The predicted octanol–water partition coefficient (Wildman–Crippen LogP) is 3.89. The van der Waals surface area contributed by atoms with Gasteiger partial charge in [-0.25, -0.2) is 0 Å².